The molecule has 0 spiro atoms. The Balaban J connectivity index is 2.39. The Morgan fingerprint density at radius 2 is 2.20 bits per heavy atom. The van der Waals surface area contributed by atoms with Gasteiger partial charge in [0.2, 0.25) is 5.65 Å². The van der Waals surface area contributed by atoms with Gasteiger partial charge in [-0.25, -0.2) is 4.39 Å². The molecule has 0 bridgehead atoms. The van der Waals surface area contributed by atoms with Crippen LogP contribution < -0.4 is 11.3 Å². The van der Waals surface area contributed by atoms with Crippen LogP contribution in [0.1, 0.15) is 25.6 Å². The molecule has 0 aliphatic rings. The summed E-state index contributed by atoms with van der Waals surface area (Å²) in [5.41, 5.74) is 6.33. The number of H-pyrrole nitrogens is 1. The van der Waals surface area contributed by atoms with Gasteiger partial charge in [0, 0.05) is 12.5 Å². The van der Waals surface area contributed by atoms with Crippen molar-refractivity contribution < 1.29 is 4.39 Å². The fourth-order valence-corrected chi connectivity index (χ4v) is 2.26. The molecule has 0 atom stereocenters. The summed E-state index contributed by atoms with van der Waals surface area (Å²) < 4.78 is 15.3. The number of hydrogen-bond acceptors (Lipinski definition) is 4. The molecule has 0 saturated carbocycles. The summed E-state index contributed by atoms with van der Waals surface area (Å²) in [5.74, 6) is 0.128. The van der Waals surface area contributed by atoms with E-state index in [1.807, 2.05) is 0 Å². The molecule has 3 N–H and O–H groups in total. The van der Waals surface area contributed by atoms with Gasteiger partial charge in [-0.3, -0.25) is 9.20 Å². The largest absolute Gasteiger partial charge is 0.396 e. The molecule has 1 aromatic carbocycles. The van der Waals surface area contributed by atoms with Crippen molar-refractivity contribution in [1.29, 1.82) is 0 Å². The molecule has 6 nitrogen and oxygen atoms in total. The molecular weight excluding hydrogens is 261 g/mol. The Bertz CT molecular complexity index is 851. The lowest BCUT2D eigenvalue weighted by Gasteiger charge is -2.06. The molecule has 3 aromatic rings. The van der Waals surface area contributed by atoms with Crippen LogP contribution in [-0.4, -0.2) is 19.6 Å². The van der Waals surface area contributed by atoms with E-state index in [0.29, 0.717) is 23.3 Å². The second kappa shape index (κ2) is 4.59. The molecular formula is C13H14FN5O. The van der Waals surface area contributed by atoms with E-state index in [1.165, 1.54) is 12.1 Å². The molecule has 0 aliphatic heterocycles. The fourth-order valence-electron chi connectivity index (χ4n) is 2.26. The summed E-state index contributed by atoms with van der Waals surface area (Å²) in [6, 6.07) is 2.71. The zero-order chi connectivity index (χ0) is 14.3. The Labute approximate surface area is 113 Å². The Morgan fingerprint density at radius 3 is 2.95 bits per heavy atom. The summed E-state index contributed by atoms with van der Waals surface area (Å²) >= 11 is 0. The van der Waals surface area contributed by atoms with Gasteiger partial charge < -0.3 is 10.7 Å². The van der Waals surface area contributed by atoms with E-state index < -0.39 is 5.82 Å². The first-order chi connectivity index (χ1) is 9.61. The van der Waals surface area contributed by atoms with Crippen LogP contribution in [-0.2, 0) is 6.42 Å². The lowest BCUT2D eigenvalue weighted by Crippen LogP contribution is -2.12. The van der Waals surface area contributed by atoms with Gasteiger partial charge >= 0.3 is 0 Å². The lowest BCUT2D eigenvalue weighted by atomic mass is 10.2. The van der Waals surface area contributed by atoms with Crippen molar-refractivity contribution in [3.05, 3.63) is 34.1 Å². The predicted octanol–water partition coefficient (Wildman–Crippen LogP) is 1.63. The lowest BCUT2D eigenvalue weighted by molar-refractivity contribution is 0.633. The van der Waals surface area contributed by atoms with Crippen molar-refractivity contribution in [2.75, 3.05) is 5.73 Å². The first-order valence-electron chi connectivity index (χ1n) is 6.47. The number of anilines is 1. The molecule has 0 unspecified atom stereocenters. The van der Waals surface area contributed by atoms with E-state index in [0.717, 1.165) is 12.8 Å². The molecule has 0 aliphatic carbocycles. The van der Waals surface area contributed by atoms with E-state index in [2.05, 4.69) is 22.1 Å². The number of hydrogen-bond donors (Lipinski definition) is 2. The predicted molar refractivity (Wildman–Crippen MR) is 74.1 cm³/mol. The number of aryl methyl sites for hydroxylation is 1. The maximum Gasteiger partial charge on any atom is 0.294 e. The SMILES string of the molecule is CCCCc1nnc2c(=O)[nH]c3cc(N)c(F)cc3n12. The Hall–Kier alpha value is -2.44. The quantitative estimate of drug-likeness (QED) is 0.711. The number of aromatic amines is 1. The van der Waals surface area contributed by atoms with Gasteiger partial charge in [0.15, 0.2) is 0 Å². The third-order valence-corrected chi connectivity index (χ3v) is 3.29. The summed E-state index contributed by atoms with van der Waals surface area (Å²) in [6.07, 6.45) is 2.60. The first kappa shape index (κ1) is 12.6. The zero-order valence-electron chi connectivity index (χ0n) is 11.0. The average molecular weight is 275 g/mol. The van der Waals surface area contributed by atoms with E-state index in [-0.39, 0.29) is 16.9 Å². The van der Waals surface area contributed by atoms with Crippen molar-refractivity contribution in [1.82, 2.24) is 19.6 Å². The normalized spacial score (nSPS) is 11.5. The highest BCUT2D eigenvalue weighted by atomic mass is 19.1. The van der Waals surface area contributed by atoms with E-state index >= 15 is 0 Å². The van der Waals surface area contributed by atoms with Gasteiger partial charge in [-0.05, 0) is 12.5 Å². The van der Waals surface area contributed by atoms with E-state index in [1.54, 1.807) is 4.40 Å². The number of fused-ring (bicyclic) bond motifs is 3. The minimum Gasteiger partial charge on any atom is -0.396 e. The standard InChI is InChI=1S/C13H14FN5O/c1-2-3-4-11-17-18-12-13(20)16-9-6-8(15)7(14)5-10(9)19(11)12/h5-6H,2-4,15H2,1H3,(H,16,20). The number of nitrogen functional groups attached to an aromatic ring is 1. The van der Waals surface area contributed by atoms with Gasteiger partial charge in [0.1, 0.15) is 11.6 Å². The van der Waals surface area contributed by atoms with Crippen LogP contribution in [0.2, 0.25) is 0 Å². The smallest absolute Gasteiger partial charge is 0.294 e. The summed E-state index contributed by atoms with van der Waals surface area (Å²) in [7, 11) is 0. The number of benzene rings is 1. The number of nitrogens with zero attached hydrogens (tertiary/aromatic N) is 3. The van der Waals surface area contributed by atoms with Crippen molar-refractivity contribution in [2.45, 2.75) is 26.2 Å². The highest BCUT2D eigenvalue weighted by Crippen LogP contribution is 2.20. The molecule has 0 fully saturated rings. The molecule has 0 saturated heterocycles. The molecule has 0 radical (unpaired) electrons. The molecule has 104 valence electrons. The van der Waals surface area contributed by atoms with E-state index in [4.69, 9.17) is 5.73 Å². The van der Waals surface area contributed by atoms with Crippen LogP contribution in [0.3, 0.4) is 0 Å². The number of aromatic nitrogens is 4. The second-order valence-electron chi connectivity index (χ2n) is 4.72. The first-order valence-corrected chi connectivity index (χ1v) is 6.47. The Kier molecular flexibility index (Phi) is 2.89. The van der Waals surface area contributed by atoms with Crippen LogP contribution in [0.4, 0.5) is 10.1 Å². The minimum absolute atomic E-state index is 0.00400. The fraction of sp³-hybridized carbons (Fsp3) is 0.308. The van der Waals surface area contributed by atoms with Gasteiger partial charge in [0.25, 0.3) is 5.56 Å². The maximum absolute atomic E-state index is 13.7. The molecule has 7 heteroatoms. The van der Waals surface area contributed by atoms with Crippen LogP contribution in [0.15, 0.2) is 16.9 Å². The van der Waals surface area contributed by atoms with Crippen molar-refractivity contribution in [3.8, 4) is 0 Å². The molecule has 2 heterocycles. The second-order valence-corrected chi connectivity index (χ2v) is 4.72. The molecule has 2 aromatic heterocycles. The van der Waals surface area contributed by atoms with Gasteiger partial charge in [-0.2, -0.15) is 0 Å². The number of nitrogens with two attached hydrogens (primary N) is 1. The molecule has 3 rings (SSSR count). The van der Waals surface area contributed by atoms with Crippen molar-refractivity contribution >= 4 is 22.4 Å². The van der Waals surface area contributed by atoms with Gasteiger partial charge in [0.05, 0.1) is 16.7 Å². The van der Waals surface area contributed by atoms with Crippen molar-refractivity contribution in [3.63, 3.8) is 0 Å². The zero-order valence-corrected chi connectivity index (χ0v) is 11.0. The molecule has 20 heavy (non-hydrogen) atoms. The topological polar surface area (TPSA) is 89.1 Å². The summed E-state index contributed by atoms with van der Waals surface area (Å²) in [4.78, 5) is 14.6. The van der Waals surface area contributed by atoms with Gasteiger partial charge in [-0.15, -0.1) is 10.2 Å². The monoisotopic (exact) mass is 275 g/mol. The number of rotatable bonds is 3. The number of unbranched alkanes of at least 4 members (excludes halogenated alkanes) is 1. The maximum atomic E-state index is 13.7. The minimum atomic E-state index is -0.527. The Morgan fingerprint density at radius 1 is 1.40 bits per heavy atom. The molecule has 0 amide bonds. The van der Waals surface area contributed by atoms with Crippen LogP contribution in [0, 0.1) is 5.82 Å². The summed E-state index contributed by atoms with van der Waals surface area (Å²) in [5, 5.41) is 7.92. The number of halogens is 1. The van der Waals surface area contributed by atoms with E-state index in [9.17, 15) is 9.18 Å². The van der Waals surface area contributed by atoms with Crippen LogP contribution >= 0.6 is 0 Å². The highest BCUT2D eigenvalue weighted by Gasteiger charge is 2.14. The van der Waals surface area contributed by atoms with Crippen LogP contribution in [0.5, 0.6) is 0 Å². The average Bonchev–Trinajstić information content (AvgIpc) is 2.84. The van der Waals surface area contributed by atoms with Gasteiger partial charge in [-0.1, -0.05) is 13.3 Å². The number of nitrogens with one attached hydrogen (secondary N) is 1. The third-order valence-electron chi connectivity index (χ3n) is 3.29. The van der Waals surface area contributed by atoms with Crippen LogP contribution in [0.25, 0.3) is 16.7 Å². The third kappa shape index (κ3) is 1.82. The van der Waals surface area contributed by atoms with Crippen molar-refractivity contribution in [2.24, 2.45) is 0 Å². The highest BCUT2D eigenvalue weighted by molar-refractivity contribution is 5.81. The summed E-state index contributed by atoms with van der Waals surface area (Å²) in [6.45, 7) is 2.06.